The third-order valence-corrected chi connectivity index (χ3v) is 7.79. The first kappa shape index (κ1) is 31.7. The van der Waals surface area contributed by atoms with Gasteiger partial charge in [-0.2, -0.15) is 0 Å². The Balaban J connectivity index is 1.47. The van der Waals surface area contributed by atoms with E-state index in [1.165, 1.54) is 0 Å². The highest BCUT2D eigenvalue weighted by Gasteiger charge is 2.27. The Kier molecular flexibility index (Phi) is 12.5. The maximum absolute atomic E-state index is 13.6. The number of amides is 2. The molecular formula is C36H42N2O5. The van der Waals surface area contributed by atoms with Gasteiger partial charge < -0.3 is 20.5 Å². The second-order valence-electron chi connectivity index (χ2n) is 11.2. The molecule has 3 aromatic carbocycles. The predicted octanol–water partition coefficient (Wildman–Crippen LogP) is 5.10. The highest BCUT2D eigenvalue weighted by Crippen LogP contribution is 2.22. The molecule has 7 heteroatoms. The van der Waals surface area contributed by atoms with Crippen molar-refractivity contribution in [2.24, 2.45) is 11.8 Å². The number of ether oxygens (including phenoxy) is 1. The van der Waals surface area contributed by atoms with E-state index in [0.29, 0.717) is 25.7 Å². The van der Waals surface area contributed by atoms with Crippen LogP contribution in [0.5, 0.6) is 0 Å². The SMILES string of the molecule is O=C(C[C@H]1CC=CCCC[C@H](Cc2ccccc2)C(=O)OC[C@@H](c2ccccc2)NC1=O)N[C@H](CO)Cc1ccccc1. The first-order chi connectivity index (χ1) is 21.0. The van der Waals surface area contributed by atoms with Crippen LogP contribution in [0.3, 0.4) is 0 Å². The molecule has 0 bridgehead atoms. The summed E-state index contributed by atoms with van der Waals surface area (Å²) in [5.41, 5.74) is 2.91. The van der Waals surface area contributed by atoms with Gasteiger partial charge in [-0.15, -0.1) is 0 Å². The number of rotatable bonds is 9. The van der Waals surface area contributed by atoms with Gasteiger partial charge in [0.15, 0.2) is 0 Å². The lowest BCUT2D eigenvalue weighted by atomic mass is 9.93. The number of carbonyl (C=O) groups is 3. The summed E-state index contributed by atoms with van der Waals surface area (Å²) in [7, 11) is 0. The number of benzene rings is 3. The van der Waals surface area contributed by atoms with E-state index in [0.717, 1.165) is 29.5 Å². The number of aliphatic hydroxyl groups is 1. The summed E-state index contributed by atoms with van der Waals surface area (Å²) in [6.07, 6.45) is 7.70. The van der Waals surface area contributed by atoms with E-state index in [2.05, 4.69) is 10.6 Å². The highest BCUT2D eigenvalue weighted by molar-refractivity contribution is 5.86. The zero-order valence-corrected chi connectivity index (χ0v) is 24.6. The van der Waals surface area contributed by atoms with Gasteiger partial charge in [0.25, 0.3) is 0 Å². The molecule has 7 nitrogen and oxygen atoms in total. The summed E-state index contributed by atoms with van der Waals surface area (Å²) in [6, 6.07) is 28.0. The van der Waals surface area contributed by atoms with Gasteiger partial charge in [-0.25, -0.2) is 0 Å². The van der Waals surface area contributed by atoms with Gasteiger partial charge in [0.1, 0.15) is 6.61 Å². The molecule has 4 rings (SSSR count). The Morgan fingerprint density at radius 1 is 0.884 bits per heavy atom. The zero-order valence-electron chi connectivity index (χ0n) is 24.6. The van der Waals surface area contributed by atoms with Crippen molar-refractivity contribution in [2.45, 2.75) is 57.0 Å². The number of cyclic esters (lactones) is 1. The maximum Gasteiger partial charge on any atom is 0.309 e. The first-order valence-electron chi connectivity index (χ1n) is 15.2. The van der Waals surface area contributed by atoms with Crippen LogP contribution in [0, 0.1) is 11.8 Å². The van der Waals surface area contributed by atoms with Crippen molar-refractivity contribution >= 4 is 17.8 Å². The molecule has 3 aromatic rings. The van der Waals surface area contributed by atoms with Gasteiger partial charge in [-0.1, -0.05) is 103 Å². The minimum absolute atomic E-state index is 0.00169. The third kappa shape index (κ3) is 10.5. The lowest BCUT2D eigenvalue weighted by Crippen LogP contribution is -2.42. The standard InChI is InChI=1S/C36H42N2O5/c39-25-32(23-28-16-8-4-9-17-28)37-34(40)24-30-20-10-1-2-11-21-31(22-27-14-6-3-7-15-27)36(42)43-26-33(38-35(30)41)29-18-12-5-13-19-29/h1,3-10,12-19,30-33,39H,2,11,20-26H2,(H,37,40)(H,38,41)/t30-,31-,32+,33+/m1/s1. The molecule has 0 saturated heterocycles. The molecule has 1 aliphatic rings. The number of hydrogen-bond acceptors (Lipinski definition) is 5. The van der Waals surface area contributed by atoms with Crippen LogP contribution in [0.1, 0.15) is 54.8 Å². The molecule has 1 aliphatic heterocycles. The number of nitrogens with one attached hydrogen (secondary N) is 2. The molecule has 1 heterocycles. The van der Waals surface area contributed by atoms with E-state index in [-0.39, 0.29) is 43.3 Å². The van der Waals surface area contributed by atoms with Gasteiger partial charge in [-0.05, 0) is 55.2 Å². The Morgan fingerprint density at radius 3 is 2.21 bits per heavy atom. The Labute approximate surface area is 254 Å². The fraction of sp³-hybridized carbons (Fsp3) is 0.361. The summed E-state index contributed by atoms with van der Waals surface area (Å²) in [5.74, 6) is -1.76. The molecule has 0 radical (unpaired) electrons. The lowest BCUT2D eigenvalue weighted by Gasteiger charge is -2.25. The molecule has 0 saturated carbocycles. The van der Waals surface area contributed by atoms with E-state index < -0.39 is 18.0 Å². The van der Waals surface area contributed by atoms with Crippen LogP contribution >= 0.6 is 0 Å². The highest BCUT2D eigenvalue weighted by atomic mass is 16.5. The molecule has 43 heavy (non-hydrogen) atoms. The molecule has 2 amide bonds. The monoisotopic (exact) mass is 582 g/mol. The normalized spacial score (nSPS) is 20.7. The van der Waals surface area contributed by atoms with Crippen LogP contribution in [0.25, 0.3) is 0 Å². The quantitative estimate of drug-likeness (QED) is 0.241. The van der Waals surface area contributed by atoms with E-state index in [1.54, 1.807) is 0 Å². The fourth-order valence-corrected chi connectivity index (χ4v) is 5.40. The Hall–Kier alpha value is -4.23. The molecule has 0 aliphatic carbocycles. The van der Waals surface area contributed by atoms with Crippen molar-refractivity contribution in [3.8, 4) is 0 Å². The van der Waals surface area contributed by atoms with Crippen molar-refractivity contribution in [2.75, 3.05) is 13.2 Å². The molecule has 0 fully saturated rings. The van der Waals surface area contributed by atoms with Gasteiger partial charge >= 0.3 is 5.97 Å². The van der Waals surface area contributed by atoms with Crippen LogP contribution in [-0.4, -0.2) is 42.1 Å². The molecule has 226 valence electrons. The van der Waals surface area contributed by atoms with Gasteiger partial charge in [0.05, 0.1) is 30.5 Å². The average Bonchev–Trinajstić information content (AvgIpc) is 3.03. The van der Waals surface area contributed by atoms with Crippen molar-refractivity contribution in [1.82, 2.24) is 10.6 Å². The molecule has 0 spiro atoms. The van der Waals surface area contributed by atoms with E-state index in [4.69, 9.17) is 4.74 Å². The van der Waals surface area contributed by atoms with Gasteiger partial charge in [0, 0.05) is 6.42 Å². The fourth-order valence-electron chi connectivity index (χ4n) is 5.40. The van der Waals surface area contributed by atoms with Crippen molar-refractivity contribution in [3.05, 3.63) is 120 Å². The molecule has 3 N–H and O–H groups in total. The summed E-state index contributed by atoms with van der Waals surface area (Å²) in [4.78, 5) is 40.0. The Bertz CT molecular complexity index is 1310. The number of allylic oxidation sites excluding steroid dienone is 2. The smallest absolute Gasteiger partial charge is 0.309 e. The second kappa shape index (κ2) is 17.0. The summed E-state index contributed by atoms with van der Waals surface area (Å²) < 4.78 is 5.85. The van der Waals surface area contributed by atoms with Crippen molar-refractivity contribution < 1.29 is 24.2 Å². The van der Waals surface area contributed by atoms with Crippen LogP contribution in [0.2, 0.25) is 0 Å². The molecular weight excluding hydrogens is 540 g/mol. The summed E-state index contributed by atoms with van der Waals surface area (Å²) >= 11 is 0. The van der Waals surface area contributed by atoms with Crippen LogP contribution in [0.4, 0.5) is 0 Å². The lowest BCUT2D eigenvalue weighted by molar-refractivity contribution is -0.150. The minimum Gasteiger partial charge on any atom is -0.463 e. The van der Waals surface area contributed by atoms with E-state index in [1.807, 2.05) is 103 Å². The Morgan fingerprint density at radius 2 is 1.53 bits per heavy atom. The largest absolute Gasteiger partial charge is 0.463 e. The average molecular weight is 583 g/mol. The topological polar surface area (TPSA) is 105 Å². The van der Waals surface area contributed by atoms with Crippen molar-refractivity contribution in [1.29, 1.82) is 0 Å². The number of hydrogen-bond donors (Lipinski definition) is 3. The third-order valence-electron chi connectivity index (χ3n) is 7.79. The predicted molar refractivity (Wildman–Crippen MR) is 167 cm³/mol. The van der Waals surface area contributed by atoms with Gasteiger partial charge in [0.2, 0.25) is 11.8 Å². The minimum atomic E-state index is -0.622. The summed E-state index contributed by atoms with van der Waals surface area (Å²) in [5, 5.41) is 15.8. The van der Waals surface area contributed by atoms with E-state index in [9.17, 15) is 19.5 Å². The van der Waals surface area contributed by atoms with Crippen LogP contribution < -0.4 is 10.6 Å². The molecule has 4 atom stereocenters. The first-order valence-corrected chi connectivity index (χ1v) is 15.2. The summed E-state index contributed by atoms with van der Waals surface area (Å²) in [6.45, 7) is -0.206. The van der Waals surface area contributed by atoms with Crippen molar-refractivity contribution in [3.63, 3.8) is 0 Å². The molecule has 0 unspecified atom stereocenters. The number of carbonyl (C=O) groups excluding carboxylic acids is 3. The van der Waals surface area contributed by atoms with Crippen LogP contribution in [-0.2, 0) is 32.0 Å². The molecule has 0 aromatic heterocycles. The zero-order chi connectivity index (χ0) is 30.3. The second-order valence-corrected chi connectivity index (χ2v) is 11.2. The van der Waals surface area contributed by atoms with E-state index >= 15 is 0 Å². The van der Waals surface area contributed by atoms with Crippen LogP contribution in [0.15, 0.2) is 103 Å². The number of esters is 1. The van der Waals surface area contributed by atoms with Gasteiger partial charge in [-0.3, -0.25) is 14.4 Å². The number of aliphatic hydroxyl groups excluding tert-OH is 1. The maximum atomic E-state index is 13.6.